The van der Waals surface area contributed by atoms with Crippen LogP contribution in [-0.2, 0) is 23.3 Å². The van der Waals surface area contributed by atoms with Gasteiger partial charge >= 0.3 is 24.5 Å². The van der Waals surface area contributed by atoms with Gasteiger partial charge in [0.1, 0.15) is 0 Å². The Kier molecular flexibility index (Phi) is 7.02. The lowest BCUT2D eigenvalue weighted by Crippen LogP contribution is -2.28. The quantitative estimate of drug-likeness (QED) is 0.610. The first kappa shape index (κ1) is 24.1. The van der Waals surface area contributed by atoms with E-state index in [0.717, 1.165) is 6.92 Å². The molecule has 3 N–H and O–H groups in total. The summed E-state index contributed by atoms with van der Waals surface area (Å²) in [5.41, 5.74) is -3.02. The van der Waals surface area contributed by atoms with E-state index in [1.54, 1.807) is 0 Å². The summed E-state index contributed by atoms with van der Waals surface area (Å²) in [5.74, 6) is -4.86. The topological polar surface area (TPSA) is 63.3 Å². The standard InChI is InChI=1S/C16H16F9NO2/c1-2-7(5-8(6-26)13(27)28)11-9(14(17,18)19)3-4-10(15(20,21)22)12(11)16(23,24)25/h3-4,7-8H,2,5-6,26H2,1H3,(H,27,28). The predicted molar refractivity (Wildman–Crippen MR) is 79.3 cm³/mol. The van der Waals surface area contributed by atoms with Crippen LogP contribution in [0.5, 0.6) is 0 Å². The van der Waals surface area contributed by atoms with Gasteiger partial charge in [-0.05, 0) is 36.5 Å². The molecule has 12 heteroatoms. The highest BCUT2D eigenvalue weighted by molar-refractivity contribution is 5.70. The Morgan fingerprint density at radius 2 is 1.43 bits per heavy atom. The second-order valence-electron chi connectivity index (χ2n) is 6.05. The van der Waals surface area contributed by atoms with Gasteiger partial charge < -0.3 is 10.8 Å². The Labute approximate surface area is 153 Å². The Balaban J connectivity index is 3.91. The van der Waals surface area contributed by atoms with Gasteiger partial charge in [-0.2, -0.15) is 39.5 Å². The molecule has 160 valence electrons. The number of rotatable bonds is 6. The largest absolute Gasteiger partial charge is 0.481 e. The van der Waals surface area contributed by atoms with Crippen molar-refractivity contribution in [1.82, 2.24) is 0 Å². The minimum Gasteiger partial charge on any atom is -0.481 e. The van der Waals surface area contributed by atoms with E-state index >= 15 is 0 Å². The monoisotopic (exact) mass is 425 g/mol. The van der Waals surface area contributed by atoms with Crippen LogP contribution in [-0.4, -0.2) is 17.6 Å². The third-order valence-electron chi connectivity index (χ3n) is 4.24. The van der Waals surface area contributed by atoms with Crippen molar-refractivity contribution >= 4 is 5.97 Å². The lowest BCUT2D eigenvalue weighted by Gasteiger charge is -2.28. The van der Waals surface area contributed by atoms with Crippen molar-refractivity contribution in [3.05, 3.63) is 34.4 Å². The number of hydrogen-bond donors (Lipinski definition) is 2. The molecule has 3 nitrogen and oxygen atoms in total. The fourth-order valence-corrected chi connectivity index (χ4v) is 2.96. The molecule has 0 aliphatic carbocycles. The van der Waals surface area contributed by atoms with Crippen molar-refractivity contribution in [2.45, 2.75) is 44.2 Å². The zero-order valence-corrected chi connectivity index (χ0v) is 14.3. The van der Waals surface area contributed by atoms with Crippen LogP contribution in [0.15, 0.2) is 12.1 Å². The smallest absolute Gasteiger partial charge is 0.417 e. The highest BCUT2D eigenvalue weighted by Gasteiger charge is 2.49. The second kappa shape index (κ2) is 8.18. The summed E-state index contributed by atoms with van der Waals surface area (Å²) >= 11 is 0. The molecule has 0 fully saturated rings. The number of hydrogen-bond acceptors (Lipinski definition) is 2. The molecule has 0 radical (unpaired) electrons. The van der Waals surface area contributed by atoms with Crippen LogP contribution in [0.4, 0.5) is 39.5 Å². The average Bonchev–Trinajstić information content (AvgIpc) is 2.51. The highest BCUT2D eigenvalue weighted by atomic mass is 19.4. The first-order valence-corrected chi connectivity index (χ1v) is 7.86. The molecular formula is C16H16F9NO2. The van der Waals surface area contributed by atoms with Gasteiger partial charge in [0.05, 0.1) is 22.6 Å². The zero-order chi connectivity index (χ0) is 22.1. The molecule has 0 saturated heterocycles. The predicted octanol–water partition coefficient (Wildman–Crippen LogP) is 5.29. The summed E-state index contributed by atoms with van der Waals surface area (Å²) in [6, 6.07) is -0.326. The molecule has 1 aromatic rings. The maximum atomic E-state index is 13.5. The molecule has 0 bridgehead atoms. The molecule has 0 aromatic heterocycles. The van der Waals surface area contributed by atoms with Gasteiger partial charge in [-0.25, -0.2) is 0 Å². The molecule has 0 aliphatic heterocycles. The fourth-order valence-electron chi connectivity index (χ4n) is 2.96. The minimum absolute atomic E-state index is 0.0612. The molecule has 0 heterocycles. The Morgan fingerprint density at radius 1 is 0.964 bits per heavy atom. The number of halogens is 9. The average molecular weight is 425 g/mol. The molecule has 28 heavy (non-hydrogen) atoms. The van der Waals surface area contributed by atoms with Gasteiger partial charge in [0.2, 0.25) is 0 Å². The molecule has 0 amide bonds. The SMILES string of the molecule is CCC(CC(CN)C(=O)O)c1c(C(F)(F)F)ccc(C(F)(F)F)c1C(F)(F)F. The van der Waals surface area contributed by atoms with E-state index in [2.05, 4.69) is 0 Å². The van der Waals surface area contributed by atoms with E-state index in [-0.39, 0.29) is 12.1 Å². The molecule has 1 aromatic carbocycles. The van der Waals surface area contributed by atoms with Gasteiger partial charge in [0.25, 0.3) is 0 Å². The molecular weight excluding hydrogens is 409 g/mol. The van der Waals surface area contributed by atoms with Crippen molar-refractivity contribution in [2.24, 2.45) is 11.7 Å². The van der Waals surface area contributed by atoms with Crippen LogP contribution in [0.1, 0.15) is 47.9 Å². The lowest BCUT2D eigenvalue weighted by atomic mass is 9.80. The summed E-state index contributed by atoms with van der Waals surface area (Å²) in [4.78, 5) is 11.1. The summed E-state index contributed by atoms with van der Waals surface area (Å²) in [6.45, 7) is 0.550. The fraction of sp³-hybridized carbons (Fsp3) is 0.562. The normalized spacial score (nSPS) is 15.4. The first-order valence-electron chi connectivity index (χ1n) is 7.86. The first-order chi connectivity index (χ1) is 12.6. The molecule has 2 atom stereocenters. The van der Waals surface area contributed by atoms with E-state index < -0.39 is 78.0 Å². The van der Waals surface area contributed by atoms with Crippen molar-refractivity contribution in [2.75, 3.05) is 6.54 Å². The maximum absolute atomic E-state index is 13.5. The maximum Gasteiger partial charge on any atom is 0.417 e. The van der Waals surface area contributed by atoms with Crippen LogP contribution in [0.3, 0.4) is 0 Å². The second-order valence-corrected chi connectivity index (χ2v) is 6.05. The van der Waals surface area contributed by atoms with Gasteiger partial charge in [0.15, 0.2) is 0 Å². The Morgan fingerprint density at radius 3 is 1.75 bits per heavy atom. The number of aliphatic carboxylic acids is 1. The number of carbonyl (C=O) groups is 1. The molecule has 0 spiro atoms. The van der Waals surface area contributed by atoms with E-state index in [0.29, 0.717) is 0 Å². The number of alkyl halides is 9. The molecule has 0 aliphatic rings. The zero-order valence-electron chi connectivity index (χ0n) is 14.3. The van der Waals surface area contributed by atoms with Crippen molar-refractivity contribution in [3.63, 3.8) is 0 Å². The highest BCUT2D eigenvalue weighted by Crippen LogP contribution is 2.49. The summed E-state index contributed by atoms with van der Waals surface area (Å²) < 4.78 is 120. The van der Waals surface area contributed by atoms with Crippen molar-refractivity contribution in [1.29, 1.82) is 0 Å². The van der Waals surface area contributed by atoms with Gasteiger partial charge in [-0.1, -0.05) is 6.92 Å². The van der Waals surface area contributed by atoms with Crippen LogP contribution in [0.2, 0.25) is 0 Å². The van der Waals surface area contributed by atoms with Crippen LogP contribution >= 0.6 is 0 Å². The third-order valence-corrected chi connectivity index (χ3v) is 4.24. The van der Waals surface area contributed by atoms with E-state index in [9.17, 15) is 44.3 Å². The number of benzene rings is 1. The van der Waals surface area contributed by atoms with Crippen molar-refractivity contribution < 1.29 is 49.4 Å². The van der Waals surface area contributed by atoms with Gasteiger partial charge in [-0.3, -0.25) is 4.79 Å². The molecule has 0 saturated carbocycles. The third kappa shape index (κ3) is 5.30. The Hall–Kier alpha value is -1.98. The summed E-state index contributed by atoms with van der Waals surface area (Å²) in [7, 11) is 0. The van der Waals surface area contributed by atoms with Crippen LogP contribution in [0, 0.1) is 5.92 Å². The minimum atomic E-state index is -5.75. The van der Waals surface area contributed by atoms with Gasteiger partial charge in [0, 0.05) is 6.54 Å². The van der Waals surface area contributed by atoms with E-state index in [1.165, 1.54) is 0 Å². The van der Waals surface area contributed by atoms with Crippen LogP contribution < -0.4 is 5.73 Å². The van der Waals surface area contributed by atoms with Crippen LogP contribution in [0.25, 0.3) is 0 Å². The lowest BCUT2D eigenvalue weighted by molar-refractivity contribution is -0.164. The number of nitrogens with two attached hydrogens (primary N) is 1. The van der Waals surface area contributed by atoms with Crippen molar-refractivity contribution in [3.8, 4) is 0 Å². The van der Waals surface area contributed by atoms with Gasteiger partial charge in [-0.15, -0.1) is 0 Å². The summed E-state index contributed by atoms with van der Waals surface area (Å²) in [6.07, 6.45) is -17.9. The van der Waals surface area contributed by atoms with E-state index in [1.807, 2.05) is 0 Å². The summed E-state index contributed by atoms with van der Waals surface area (Å²) in [5, 5.41) is 9.00. The number of carboxylic acids is 1. The Bertz CT molecular complexity index is 708. The molecule has 2 unspecified atom stereocenters. The molecule has 1 rings (SSSR count). The van der Waals surface area contributed by atoms with E-state index in [4.69, 9.17) is 10.8 Å². The number of carboxylic acid groups (broad SMARTS) is 1.